The van der Waals surface area contributed by atoms with Gasteiger partial charge in [0.05, 0.1) is 22.3 Å². The molecule has 0 saturated carbocycles. The number of piperazine rings is 1. The lowest BCUT2D eigenvalue weighted by Crippen LogP contribution is -2.46. The number of benzene rings is 1. The summed E-state index contributed by atoms with van der Waals surface area (Å²) < 4.78 is 28.7. The molecule has 1 saturated heterocycles. The smallest absolute Gasteiger partial charge is 0.243 e. The largest absolute Gasteiger partial charge is 0.334 e. The summed E-state index contributed by atoms with van der Waals surface area (Å²) in [6, 6.07) is 5.13. The van der Waals surface area contributed by atoms with Crippen LogP contribution in [0.2, 0.25) is 0 Å². The minimum Gasteiger partial charge on any atom is -0.334 e. The first-order valence-electron chi connectivity index (χ1n) is 6.58. The summed E-state index contributed by atoms with van der Waals surface area (Å²) >= 11 is 0. The van der Waals surface area contributed by atoms with E-state index in [0.717, 1.165) is 18.6 Å². The zero-order chi connectivity index (χ0) is 14.3. The Bertz CT molecular complexity index is 730. The minimum atomic E-state index is -3.41. The Labute approximate surface area is 118 Å². The van der Waals surface area contributed by atoms with Gasteiger partial charge in [-0.15, -0.1) is 0 Å². The first kappa shape index (κ1) is 13.5. The van der Waals surface area contributed by atoms with Crippen molar-refractivity contribution < 1.29 is 8.42 Å². The molecular weight excluding hydrogens is 276 g/mol. The van der Waals surface area contributed by atoms with Gasteiger partial charge in [-0.2, -0.15) is 4.31 Å². The number of nitrogens with zero attached hydrogens (tertiary/aromatic N) is 4. The number of fused-ring (bicyclic) bond motifs is 1. The van der Waals surface area contributed by atoms with Crippen molar-refractivity contribution in [2.24, 2.45) is 7.05 Å². The fraction of sp³-hybridized carbons (Fsp3) is 0.462. The van der Waals surface area contributed by atoms with Crippen LogP contribution in [0.25, 0.3) is 11.0 Å². The molecule has 1 fully saturated rings. The van der Waals surface area contributed by atoms with Gasteiger partial charge in [-0.25, -0.2) is 13.4 Å². The van der Waals surface area contributed by atoms with E-state index < -0.39 is 10.0 Å². The molecule has 1 aliphatic rings. The van der Waals surface area contributed by atoms with Gasteiger partial charge in [-0.05, 0) is 25.2 Å². The van der Waals surface area contributed by atoms with Crippen molar-refractivity contribution in [3.8, 4) is 0 Å². The normalized spacial score (nSPS) is 18.7. The second-order valence-corrected chi connectivity index (χ2v) is 7.15. The van der Waals surface area contributed by atoms with E-state index in [-0.39, 0.29) is 0 Å². The van der Waals surface area contributed by atoms with Crippen LogP contribution in [0, 0.1) is 0 Å². The van der Waals surface area contributed by atoms with Gasteiger partial charge in [0, 0.05) is 33.2 Å². The Morgan fingerprint density at radius 2 is 1.80 bits per heavy atom. The molecule has 0 aliphatic carbocycles. The van der Waals surface area contributed by atoms with E-state index in [1.807, 2.05) is 24.7 Å². The Morgan fingerprint density at radius 3 is 2.50 bits per heavy atom. The molecule has 1 aliphatic heterocycles. The molecule has 0 spiro atoms. The summed E-state index contributed by atoms with van der Waals surface area (Å²) in [5.74, 6) is 0. The van der Waals surface area contributed by atoms with E-state index in [0.29, 0.717) is 23.5 Å². The van der Waals surface area contributed by atoms with Crippen LogP contribution in [-0.4, -0.2) is 60.4 Å². The SMILES string of the molecule is CN1CCN(S(=O)(=O)c2ccc3c(c2)ncn3C)CC1. The van der Waals surface area contributed by atoms with Gasteiger partial charge >= 0.3 is 0 Å². The lowest BCUT2D eigenvalue weighted by Gasteiger charge is -2.31. The quantitative estimate of drug-likeness (QED) is 0.810. The molecule has 6 nitrogen and oxygen atoms in total. The fourth-order valence-electron chi connectivity index (χ4n) is 2.45. The Morgan fingerprint density at radius 1 is 1.10 bits per heavy atom. The molecular formula is C13H18N4O2S. The third-order valence-electron chi connectivity index (χ3n) is 3.80. The number of hydrogen-bond donors (Lipinski definition) is 0. The molecule has 0 N–H and O–H groups in total. The third kappa shape index (κ3) is 2.21. The molecule has 0 bridgehead atoms. The van der Waals surface area contributed by atoms with Crippen molar-refractivity contribution in [1.82, 2.24) is 18.8 Å². The first-order chi connectivity index (χ1) is 9.48. The lowest BCUT2D eigenvalue weighted by atomic mass is 10.3. The van der Waals surface area contributed by atoms with Crippen LogP contribution in [-0.2, 0) is 17.1 Å². The van der Waals surface area contributed by atoms with E-state index in [9.17, 15) is 8.42 Å². The molecule has 1 aromatic heterocycles. The van der Waals surface area contributed by atoms with Crippen LogP contribution in [0.1, 0.15) is 0 Å². The molecule has 7 heteroatoms. The molecule has 1 aromatic carbocycles. The second kappa shape index (κ2) is 4.83. The summed E-state index contributed by atoms with van der Waals surface area (Å²) in [4.78, 5) is 6.68. The maximum absolute atomic E-state index is 12.6. The zero-order valence-corrected chi connectivity index (χ0v) is 12.5. The second-order valence-electron chi connectivity index (χ2n) is 5.21. The predicted molar refractivity (Wildman–Crippen MR) is 77.0 cm³/mol. The molecule has 2 aromatic rings. The van der Waals surface area contributed by atoms with Crippen molar-refractivity contribution in [1.29, 1.82) is 0 Å². The molecule has 3 rings (SSSR count). The highest BCUT2D eigenvalue weighted by molar-refractivity contribution is 7.89. The van der Waals surface area contributed by atoms with Crippen molar-refractivity contribution in [2.75, 3.05) is 33.2 Å². The zero-order valence-electron chi connectivity index (χ0n) is 11.7. The maximum Gasteiger partial charge on any atom is 0.243 e. The third-order valence-corrected chi connectivity index (χ3v) is 5.69. The molecule has 0 radical (unpaired) electrons. The average molecular weight is 294 g/mol. The number of aromatic nitrogens is 2. The van der Waals surface area contributed by atoms with Crippen molar-refractivity contribution in [3.05, 3.63) is 24.5 Å². The Kier molecular flexibility index (Phi) is 3.27. The highest BCUT2D eigenvalue weighted by Crippen LogP contribution is 2.21. The van der Waals surface area contributed by atoms with E-state index in [1.165, 1.54) is 0 Å². The van der Waals surface area contributed by atoms with Gasteiger partial charge in [0.15, 0.2) is 0 Å². The first-order valence-corrected chi connectivity index (χ1v) is 8.02. The number of rotatable bonds is 2. The number of imidazole rings is 1. The fourth-order valence-corrected chi connectivity index (χ4v) is 3.90. The highest BCUT2D eigenvalue weighted by Gasteiger charge is 2.27. The monoisotopic (exact) mass is 294 g/mol. The molecule has 0 unspecified atom stereocenters. The van der Waals surface area contributed by atoms with Crippen LogP contribution in [0.5, 0.6) is 0 Å². The minimum absolute atomic E-state index is 0.327. The number of sulfonamides is 1. The molecule has 0 atom stereocenters. The molecule has 2 heterocycles. The average Bonchev–Trinajstić information content (AvgIpc) is 2.80. The summed E-state index contributed by atoms with van der Waals surface area (Å²) in [7, 11) is 0.486. The number of hydrogen-bond acceptors (Lipinski definition) is 4. The summed E-state index contributed by atoms with van der Waals surface area (Å²) in [5.41, 5.74) is 1.64. The summed E-state index contributed by atoms with van der Waals surface area (Å²) in [6.45, 7) is 2.62. The maximum atomic E-state index is 12.6. The van der Waals surface area contributed by atoms with E-state index in [2.05, 4.69) is 9.88 Å². The van der Waals surface area contributed by atoms with Crippen LogP contribution in [0.15, 0.2) is 29.4 Å². The topological polar surface area (TPSA) is 58.4 Å². The predicted octanol–water partition coefficient (Wildman–Crippen LogP) is 0.509. The van der Waals surface area contributed by atoms with Crippen LogP contribution in [0.4, 0.5) is 0 Å². The molecule has 0 amide bonds. The van der Waals surface area contributed by atoms with Crippen LogP contribution < -0.4 is 0 Å². The van der Waals surface area contributed by atoms with Crippen molar-refractivity contribution in [2.45, 2.75) is 4.90 Å². The molecule has 20 heavy (non-hydrogen) atoms. The van der Waals surface area contributed by atoms with Gasteiger partial charge in [-0.3, -0.25) is 0 Å². The molecule has 108 valence electrons. The van der Waals surface area contributed by atoms with Crippen LogP contribution >= 0.6 is 0 Å². The summed E-state index contributed by atoms with van der Waals surface area (Å²) in [5, 5.41) is 0. The van der Waals surface area contributed by atoms with Gasteiger partial charge in [0.2, 0.25) is 10.0 Å². The summed E-state index contributed by atoms with van der Waals surface area (Å²) in [6.07, 6.45) is 1.69. The number of likely N-dealkylation sites (N-methyl/N-ethyl adjacent to an activating group) is 1. The van der Waals surface area contributed by atoms with E-state index in [1.54, 1.807) is 22.8 Å². The Balaban J connectivity index is 1.96. The van der Waals surface area contributed by atoms with Crippen molar-refractivity contribution >= 4 is 21.1 Å². The number of aryl methyl sites for hydroxylation is 1. The van der Waals surface area contributed by atoms with E-state index in [4.69, 9.17) is 0 Å². The van der Waals surface area contributed by atoms with Gasteiger partial charge in [0.25, 0.3) is 0 Å². The van der Waals surface area contributed by atoms with Gasteiger partial charge < -0.3 is 9.47 Å². The highest BCUT2D eigenvalue weighted by atomic mass is 32.2. The standard InChI is InChI=1S/C13H18N4O2S/c1-15-5-7-17(8-6-15)20(18,19)11-3-4-13-12(9-11)14-10-16(13)2/h3-4,9-10H,5-8H2,1-2H3. The van der Waals surface area contributed by atoms with Crippen LogP contribution in [0.3, 0.4) is 0 Å². The lowest BCUT2D eigenvalue weighted by molar-refractivity contribution is 0.222. The van der Waals surface area contributed by atoms with Gasteiger partial charge in [-0.1, -0.05) is 0 Å². The van der Waals surface area contributed by atoms with E-state index >= 15 is 0 Å². The van der Waals surface area contributed by atoms with Crippen molar-refractivity contribution in [3.63, 3.8) is 0 Å². The Hall–Kier alpha value is -1.44. The van der Waals surface area contributed by atoms with Gasteiger partial charge in [0.1, 0.15) is 0 Å².